The van der Waals surface area contributed by atoms with Crippen LogP contribution in [-0.4, -0.2) is 5.97 Å². The van der Waals surface area contributed by atoms with Gasteiger partial charge in [-0.3, -0.25) is 0 Å². The Balaban J connectivity index is 2.18. The monoisotopic (exact) mass is 344 g/mol. The third-order valence-corrected chi connectivity index (χ3v) is 4.84. The number of benzene rings is 2. The van der Waals surface area contributed by atoms with Crippen LogP contribution in [0.3, 0.4) is 0 Å². The van der Waals surface area contributed by atoms with Crippen LogP contribution in [0.1, 0.15) is 44.8 Å². The van der Waals surface area contributed by atoms with Gasteiger partial charge in [-0.1, -0.05) is 62.4 Å². The Hall–Kier alpha value is -2.83. The van der Waals surface area contributed by atoms with Gasteiger partial charge in [-0.25, -0.2) is 4.79 Å². The summed E-state index contributed by atoms with van der Waals surface area (Å²) in [5.41, 5.74) is 7.20. The molecule has 1 aliphatic rings. The number of ether oxygens (including phenoxy) is 1. The first-order valence-corrected chi connectivity index (χ1v) is 9.16. The Morgan fingerprint density at radius 1 is 1.15 bits per heavy atom. The summed E-state index contributed by atoms with van der Waals surface area (Å²) in [5.74, 6) is -0.259. The minimum absolute atomic E-state index is 0.259. The summed E-state index contributed by atoms with van der Waals surface area (Å²) in [7, 11) is 0. The number of esters is 1. The van der Waals surface area contributed by atoms with Gasteiger partial charge in [0.05, 0.1) is 0 Å². The smallest absolute Gasteiger partial charge is 0.335 e. The fourth-order valence-corrected chi connectivity index (χ4v) is 3.37. The van der Waals surface area contributed by atoms with E-state index in [2.05, 4.69) is 44.4 Å². The van der Waals surface area contributed by atoms with Crippen molar-refractivity contribution in [3.63, 3.8) is 0 Å². The molecule has 1 unspecified atom stereocenters. The van der Waals surface area contributed by atoms with Crippen LogP contribution in [0.5, 0.6) is 0 Å². The lowest BCUT2D eigenvalue weighted by Crippen LogP contribution is -2.03. The highest BCUT2D eigenvalue weighted by molar-refractivity contribution is 5.95. The Morgan fingerprint density at radius 3 is 2.62 bits per heavy atom. The minimum Gasteiger partial charge on any atom is -0.449 e. The number of allylic oxidation sites excluding steroid dienone is 1. The maximum Gasteiger partial charge on any atom is 0.335 e. The van der Waals surface area contributed by atoms with Gasteiger partial charge in [0.15, 0.2) is 6.10 Å². The number of rotatable bonds is 6. The van der Waals surface area contributed by atoms with Crippen molar-refractivity contribution >= 4 is 16.7 Å². The standard InChI is InChI=1S/C24H24O2/c1-4-10-22-21(16-15-17(5-2)6-3)23(26-24(22)25)20-14-9-12-18-11-7-8-13-19(18)20/h4,7-9,11-14,16,23H,1,5-6,10H2,2-3H3. The molecule has 0 radical (unpaired) electrons. The van der Waals surface area contributed by atoms with Crippen LogP contribution in [0.25, 0.3) is 10.8 Å². The highest BCUT2D eigenvalue weighted by Gasteiger charge is 2.33. The molecule has 0 N–H and O–H groups in total. The average Bonchev–Trinajstić information content (AvgIpc) is 2.98. The van der Waals surface area contributed by atoms with Crippen LogP contribution in [0.15, 0.2) is 83.6 Å². The predicted molar refractivity (Wildman–Crippen MR) is 107 cm³/mol. The largest absolute Gasteiger partial charge is 0.449 e. The van der Waals surface area contributed by atoms with E-state index in [0.29, 0.717) is 12.0 Å². The molecule has 0 aromatic heterocycles. The van der Waals surface area contributed by atoms with Gasteiger partial charge >= 0.3 is 5.97 Å². The van der Waals surface area contributed by atoms with Gasteiger partial charge in [0, 0.05) is 16.7 Å². The average molecular weight is 344 g/mol. The van der Waals surface area contributed by atoms with Crippen molar-refractivity contribution in [1.82, 2.24) is 0 Å². The number of fused-ring (bicyclic) bond motifs is 1. The maximum absolute atomic E-state index is 12.5. The van der Waals surface area contributed by atoms with Crippen molar-refractivity contribution in [3.05, 3.63) is 89.2 Å². The van der Waals surface area contributed by atoms with Crippen LogP contribution in [-0.2, 0) is 9.53 Å². The van der Waals surface area contributed by atoms with E-state index in [1.54, 1.807) is 6.08 Å². The van der Waals surface area contributed by atoms with Crippen molar-refractivity contribution in [3.8, 4) is 0 Å². The molecule has 3 rings (SSSR count). The molecule has 1 aliphatic heterocycles. The Kier molecular flexibility index (Phi) is 5.55. The first-order chi connectivity index (χ1) is 12.7. The van der Waals surface area contributed by atoms with E-state index in [4.69, 9.17) is 4.74 Å². The van der Waals surface area contributed by atoms with Crippen LogP contribution in [0, 0.1) is 0 Å². The Labute approximate surface area is 155 Å². The molecule has 132 valence electrons. The molecule has 26 heavy (non-hydrogen) atoms. The number of carbonyl (C=O) groups excluding carboxylic acids is 1. The summed E-state index contributed by atoms with van der Waals surface area (Å²) in [6.45, 7) is 8.03. The Morgan fingerprint density at radius 2 is 1.88 bits per heavy atom. The molecule has 0 fully saturated rings. The van der Waals surface area contributed by atoms with E-state index in [1.807, 2.05) is 30.3 Å². The lowest BCUT2D eigenvalue weighted by atomic mass is 9.93. The molecule has 1 heterocycles. The first-order valence-electron chi connectivity index (χ1n) is 9.16. The van der Waals surface area contributed by atoms with E-state index >= 15 is 0 Å². The normalized spacial score (nSPS) is 16.4. The van der Waals surface area contributed by atoms with E-state index in [0.717, 1.165) is 34.8 Å². The summed E-state index contributed by atoms with van der Waals surface area (Å²) < 4.78 is 5.79. The van der Waals surface area contributed by atoms with Crippen LogP contribution in [0.2, 0.25) is 0 Å². The first kappa shape index (κ1) is 18.0. The van der Waals surface area contributed by atoms with Gasteiger partial charge in [0.25, 0.3) is 0 Å². The molecule has 0 saturated heterocycles. The van der Waals surface area contributed by atoms with Crippen LogP contribution >= 0.6 is 0 Å². The van der Waals surface area contributed by atoms with Gasteiger partial charge in [-0.2, -0.15) is 0 Å². The van der Waals surface area contributed by atoms with E-state index < -0.39 is 6.10 Å². The van der Waals surface area contributed by atoms with Crippen molar-refractivity contribution in [2.45, 2.75) is 39.2 Å². The highest BCUT2D eigenvalue weighted by Crippen LogP contribution is 2.40. The van der Waals surface area contributed by atoms with Crippen molar-refractivity contribution in [2.24, 2.45) is 0 Å². The Bertz CT molecular complexity index is 928. The zero-order valence-corrected chi connectivity index (χ0v) is 15.4. The molecule has 2 nitrogen and oxygen atoms in total. The van der Waals surface area contributed by atoms with E-state index in [9.17, 15) is 4.79 Å². The molecule has 0 amide bonds. The van der Waals surface area contributed by atoms with Gasteiger partial charge in [-0.15, -0.1) is 12.3 Å². The number of cyclic esters (lactones) is 1. The molecule has 1 atom stereocenters. The zero-order valence-electron chi connectivity index (χ0n) is 15.4. The fourth-order valence-electron chi connectivity index (χ4n) is 3.37. The fraction of sp³-hybridized carbons (Fsp3) is 0.250. The van der Waals surface area contributed by atoms with Gasteiger partial charge in [0.2, 0.25) is 0 Å². The predicted octanol–water partition coefficient (Wildman–Crippen LogP) is 6.21. The quantitative estimate of drug-likeness (QED) is 0.354. The van der Waals surface area contributed by atoms with Gasteiger partial charge in [-0.05, 0) is 41.7 Å². The van der Waals surface area contributed by atoms with Crippen LogP contribution in [0.4, 0.5) is 0 Å². The summed E-state index contributed by atoms with van der Waals surface area (Å²) in [6, 6.07) is 14.3. The van der Waals surface area contributed by atoms with Gasteiger partial charge in [0.1, 0.15) is 0 Å². The number of hydrogen-bond donors (Lipinski definition) is 0. The van der Waals surface area contributed by atoms with Crippen molar-refractivity contribution < 1.29 is 9.53 Å². The van der Waals surface area contributed by atoms with E-state index in [-0.39, 0.29) is 5.97 Å². The summed E-state index contributed by atoms with van der Waals surface area (Å²) in [6.07, 6.45) is 5.70. The number of carbonyl (C=O) groups is 1. The maximum atomic E-state index is 12.5. The minimum atomic E-state index is -0.397. The topological polar surface area (TPSA) is 26.3 Å². The van der Waals surface area contributed by atoms with E-state index in [1.165, 1.54) is 5.57 Å². The second-order valence-electron chi connectivity index (χ2n) is 6.38. The molecular formula is C24H24O2. The zero-order chi connectivity index (χ0) is 18.5. The molecule has 2 aromatic rings. The summed E-state index contributed by atoms with van der Waals surface area (Å²) in [4.78, 5) is 12.5. The van der Waals surface area contributed by atoms with Crippen LogP contribution < -0.4 is 0 Å². The molecule has 2 heteroatoms. The highest BCUT2D eigenvalue weighted by atomic mass is 16.5. The molecule has 0 aliphatic carbocycles. The summed E-state index contributed by atoms with van der Waals surface area (Å²) in [5, 5.41) is 2.24. The lowest BCUT2D eigenvalue weighted by Gasteiger charge is -2.15. The SMILES string of the molecule is C=CCC1=C(C=C=C(CC)CC)C(c2cccc3ccccc23)OC1=O. The molecule has 0 bridgehead atoms. The molecular weight excluding hydrogens is 320 g/mol. The lowest BCUT2D eigenvalue weighted by molar-refractivity contribution is -0.140. The summed E-state index contributed by atoms with van der Waals surface area (Å²) >= 11 is 0. The molecule has 2 aromatic carbocycles. The second-order valence-corrected chi connectivity index (χ2v) is 6.38. The van der Waals surface area contributed by atoms with Crippen molar-refractivity contribution in [1.29, 1.82) is 0 Å². The van der Waals surface area contributed by atoms with Crippen molar-refractivity contribution in [2.75, 3.05) is 0 Å². The molecule has 0 spiro atoms. The number of hydrogen-bond acceptors (Lipinski definition) is 2. The third kappa shape index (κ3) is 3.42. The second kappa shape index (κ2) is 8.03. The third-order valence-electron chi connectivity index (χ3n) is 4.84. The van der Waals surface area contributed by atoms with Gasteiger partial charge < -0.3 is 4.74 Å². The molecule has 0 saturated carbocycles.